The van der Waals surface area contributed by atoms with Crippen molar-refractivity contribution in [3.05, 3.63) is 89.5 Å². The van der Waals surface area contributed by atoms with E-state index in [0.29, 0.717) is 12.1 Å². The third-order valence-corrected chi connectivity index (χ3v) is 7.75. The van der Waals surface area contributed by atoms with Gasteiger partial charge in [-0.1, -0.05) is 65.7 Å². The maximum atomic E-state index is 13.5. The molecule has 0 spiro atoms. The molecule has 0 aliphatic carbocycles. The summed E-state index contributed by atoms with van der Waals surface area (Å²) in [5, 5.41) is 2.09. The molecule has 5 heteroatoms. The van der Waals surface area contributed by atoms with E-state index in [-0.39, 0.29) is 23.1 Å². The summed E-state index contributed by atoms with van der Waals surface area (Å²) in [6.45, 7) is 6.39. The Labute approximate surface area is 184 Å². The number of Topliss-reactive ketones (excluding diaryl/α,β-unsaturated/α-hetero) is 1. The topological polar surface area (TPSA) is 54.5 Å². The van der Waals surface area contributed by atoms with Crippen LogP contribution in [0.3, 0.4) is 0 Å². The molecule has 0 bridgehead atoms. The van der Waals surface area contributed by atoms with E-state index < -0.39 is 15.9 Å². The second-order valence-electron chi connectivity index (χ2n) is 8.58. The van der Waals surface area contributed by atoms with Crippen LogP contribution in [0.15, 0.2) is 83.3 Å². The van der Waals surface area contributed by atoms with E-state index in [9.17, 15) is 13.2 Å². The van der Waals surface area contributed by atoms with Crippen molar-refractivity contribution in [2.45, 2.75) is 25.7 Å². The van der Waals surface area contributed by atoms with Crippen molar-refractivity contribution in [3.8, 4) is 0 Å². The highest BCUT2D eigenvalue weighted by Gasteiger charge is 2.42. The average molecular weight is 434 g/mol. The summed E-state index contributed by atoms with van der Waals surface area (Å²) in [6, 6.07) is 20.5. The number of fused-ring (bicyclic) bond motifs is 1. The first kappa shape index (κ1) is 21.5. The van der Waals surface area contributed by atoms with Gasteiger partial charge in [-0.25, -0.2) is 8.42 Å². The van der Waals surface area contributed by atoms with Crippen molar-refractivity contribution in [2.24, 2.45) is 11.8 Å². The van der Waals surface area contributed by atoms with Gasteiger partial charge in [0.15, 0.2) is 5.78 Å². The van der Waals surface area contributed by atoms with Gasteiger partial charge < -0.3 is 0 Å². The first-order valence-corrected chi connectivity index (χ1v) is 11.9. The number of nitrogens with zero attached hydrogens (tertiary/aromatic N) is 1. The molecule has 1 aliphatic heterocycles. The predicted molar refractivity (Wildman–Crippen MR) is 125 cm³/mol. The molecule has 0 amide bonds. The molecule has 3 aromatic carbocycles. The van der Waals surface area contributed by atoms with Crippen molar-refractivity contribution in [1.29, 1.82) is 0 Å². The standard InChI is InChI=1S/C26H27NO3S/c1-18(2)14-23-16-27(31(29,30)24-12-8-19(3)9-13-24)17-25(23)26(28)22-11-10-20-6-4-5-7-21(20)15-22/h4-15,23,25H,16-17H2,1-3H3. The smallest absolute Gasteiger partial charge is 0.243 e. The largest absolute Gasteiger partial charge is 0.294 e. The lowest BCUT2D eigenvalue weighted by Gasteiger charge is -2.16. The number of aryl methyl sites for hydroxylation is 1. The molecule has 1 aliphatic rings. The van der Waals surface area contributed by atoms with Crippen LogP contribution in [0.5, 0.6) is 0 Å². The van der Waals surface area contributed by atoms with E-state index in [1.54, 1.807) is 24.3 Å². The van der Waals surface area contributed by atoms with Crippen LogP contribution in [0, 0.1) is 18.8 Å². The first-order chi connectivity index (χ1) is 14.8. The van der Waals surface area contributed by atoms with Gasteiger partial charge in [-0.3, -0.25) is 4.79 Å². The van der Waals surface area contributed by atoms with Crippen LogP contribution in [-0.4, -0.2) is 31.6 Å². The SMILES string of the molecule is CC(C)=CC1CN(S(=O)(=O)c2ccc(C)cc2)CC1C(=O)c1ccc2ccccc2c1. The lowest BCUT2D eigenvalue weighted by molar-refractivity contribution is 0.0912. The van der Waals surface area contributed by atoms with Crippen molar-refractivity contribution >= 4 is 26.6 Å². The van der Waals surface area contributed by atoms with Gasteiger partial charge in [-0.05, 0) is 49.7 Å². The van der Waals surface area contributed by atoms with Crippen LogP contribution in [0.25, 0.3) is 10.8 Å². The van der Waals surface area contributed by atoms with E-state index in [1.807, 2.05) is 69.3 Å². The number of hydrogen-bond acceptors (Lipinski definition) is 3. The molecule has 0 saturated carbocycles. The summed E-state index contributed by atoms with van der Waals surface area (Å²) in [6.07, 6.45) is 2.04. The highest BCUT2D eigenvalue weighted by molar-refractivity contribution is 7.89. The van der Waals surface area contributed by atoms with Gasteiger partial charge in [0.25, 0.3) is 0 Å². The Bertz CT molecular complexity index is 1260. The van der Waals surface area contributed by atoms with Crippen LogP contribution in [0.1, 0.15) is 29.8 Å². The van der Waals surface area contributed by atoms with Gasteiger partial charge >= 0.3 is 0 Å². The van der Waals surface area contributed by atoms with E-state index in [4.69, 9.17) is 0 Å². The summed E-state index contributed by atoms with van der Waals surface area (Å²) in [5.41, 5.74) is 2.72. The summed E-state index contributed by atoms with van der Waals surface area (Å²) in [4.78, 5) is 13.8. The molecule has 2 unspecified atom stereocenters. The molecule has 0 N–H and O–H groups in total. The Balaban J connectivity index is 1.67. The minimum absolute atomic E-state index is 0.00476. The van der Waals surface area contributed by atoms with Crippen LogP contribution >= 0.6 is 0 Å². The van der Waals surface area contributed by atoms with E-state index >= 15 is 0 Å². The third-order valence-electron chi connectivity index (χ3n) is 5.91. The maximum absolute atomic E-state index is 13.5. The third kappa shape index (κ3) is 4.34. The number of carbonyl (C=O) groups excluding carboxylic acids is 1. The number of rotatable bonds is 5. The van der Waals surface area contributed by atoms with Crippen molar-refractivity contribution in [3.63, 3.8) is 0 Å². The van der Waals surface area contributed by atoms with Crippen molar-refractivity contribution in [1.82, 2.24) is 4.31 Å². The molecule has 1 saturated heterocycles. The minimum Gasteiger partial charge on any atom is -0.294 e. The molecule has 2 atom stereocenters. The molecule has 0 aromatic heterocycles. The Kier molecular flexibility index (Phi) is 5.82. The van der Waals surface area contributed by atoms with Gasteiger partial charge in [0.2, 0.25) is 10.0 Å². The van der Waals surface area contributed by atoms with Crippen LogP contribution in [-0.2, 0) is 10.0 Å². The van der Waals surface area contributed by atoms with E-state index in [1.165, 1.54) is 4.31 Å². The Morgan fingerprint density at radius 3 is 2.29 bits per heavy atom. The van der Waals surface area contributed by atoms with Gasteiger partial charge in [0.05, 0.1) is 4.90 Å². The number of hydrogen-bond donors (Lipinski definition) is 0. The summed E-state index contributed by atoms with van der Waals surface area (Å²) >= 11 is 0. The van der Waals surface area contributed by atoms with Gasteiger partial charge in [-0.15, -0.1) is 0 Å². The number of ketones is 1. The second kappa shape index (κ2) is 8.40. The predicted octanol–water partition coefficient (Wildman–Crippen LogP) is 5.23. The number of allylic oxidation sites excluding steroid dienone is 1. The Hall–Kier alpha value is -2.76. The van der Waals surface area contributed by atoms with Crippen molar-refractivity contribution in [2.75, 3.05) is 13.1 Å². The summed E-state index contributed by atoms with van der Waals surface area (Å²) in [5.74, 6) is -0.560. The molecule has 160 valence electrons. The molecule has 1 heterocycles. The quantitative estimate of drug-likeness (QED) is 0.409. The Morgan fingerprint density at radius 1 is 0.935 bits per heavy atom. The highest BCUT2D eigenvalue weighted by atomic mass is 32.2. The van der Waals surface area contributed by atoms with Crippen LogP contribution < -0.4 is 0 Å². The molecule has 4 rings (SSSR count). The maximum Gasteiger partial charge on any atom is 0.243 e. The van der Waals surface area contributed by atoms with Crippen LogP contribution in [0.2, 0.25) is 0 Å². The fraction of sp³-hybridized carbons (Fsp3) is 0.269. The van der Waals surface area contributed by atoms with E-state index in [2.05, 4.69) is 0 Å². The second-order valence-corrected chi connectivity index (χ2v) is 10.5. The normalized spacial score (nSPS) is 19.5. The summed E-state index contributed by atoms with van der Waals surface area (Å²) in [7, 11) is -3.66. The van der Waals surface area contributed by atoms with Crippen molar-refractivity contribution < 1.29 is 13.2 Å². The zero-order valence-electron chi connectivity index (χ0n) is 18.1. The lowest BCUT2D eigenvalue weighted by atomic mass is 9.87. The highest BCUT2D eigenvalue weighted by Crippen LogP contribution is 2.33. The lowest BCUT2D eigenvalue weighted by Crippen LogP contribution is -2.30. The zero-order valence-corrected chi connectivity index (χ0v) is 18.9. The molecule has 4 nitrogen and oxygen atoms in total. The van der Waals surface area contributed by atoms with Crippen LogP contribution in [0.4, 0.5) is 0 Å². The fourth-order valence-corrected chi connectivity index (χ4v) is 5.78. The molecule has 31 heavy (non-hydrogen) atoms. The minimum atomic E-state index is -3.66. The first-order valence-electron chi connectivity index (χ1n) is 10.5. The van der Waals surface area contributed by atoms with Gasteiger partial charge in [0, 0.05) is 30.5 Å². The zero-order chi connectivity index (χ0) is 22.2. The molecular formula is C26H27NO3S. The average Bonchev–Trinajstić information content (AvgIpc) is 3.17. The molecular weight excluding hydrogens is 406 g/mol. The van der Waals surface area contributed by atoms with Gasteiger partial charge in [-0.2, -0.15) is 4.31 Å². The number of sulfonamides is 1. The fourth-order valence-electron chi connectivity index (χ4n) is 4.28. The van der Waals surface area contributed by atoms with E-state index in [0.717, 1.165) is 21.9 Å². The molecule has 1 fully saturated rings. The summed E-state index contributed by atoms with van der Waals surface area (Å²) < 4.78 is 28.0. The Morgan fingerprint density at radius 2 is 1.61 bits per heavy atom. The molecule has 0 radical (unpaired) electrons. The monoisotopic (exact) mass is 433 g/mol. The van der Waals surface area contributed by atoms with Gasteiger partial charge in [0.1, 0.15) is 0 Å². The molecule has 3 aromatic rings. The number of carbonyl (C=O) groups is 1. The number of benzene rings is 3.